The van der Waals surface area contributed by atoms with Gasteiger partial charge in [-0.25, -0.2) is 10.1 Å². The maximum atomic E-state index is 11.6. The molecule has 1 aromatic carbocycles. The van der Waals surface area contributed by atoms with E-state index in [1.165, 1.54) is 24.3 Å². The van der Waals surface area contributed by atoms with E-state index in [-0.39, 0.29) is 12.5 Å². The van der Waals surface area contributed by atoms with Crippen LogP contribution in [0.3, 0.4) is 0 Å². The van der Waals surface area contributed by atoms with Crippen LogP contribution in [0.15, 0.2) is 29.6 Å². The van der Waals surface area contributed by atoms with E-state index in [0.717, 1.165) is 0 Å². The van der Waals surface area contributed by atoms with Crippen LogP contribution in [-0.2, 0) is 11.3 Å². The fourth-order valence-corrected chi connectivity index (χ4v) is 1.62. The van der Waals surface area contributed by atoms with Gasteiger partial charge in [0, 0.05) is 5.56 Å². The number of methoxy groups -OCH3 is 2. The number of ether oxygens (including phenoxy) is 2. The van der Waals surface area contributed by atoms with Crippen LogP contribution in [0.2, 0.25) is 0 Å². The zero-order chi connectivity index (χ0) is 15.1. The monoisotopic (exact) mass is 290 g/mol. The number of hydrogen-bond acceptors (Lipinski definition) is 7. The van der Waals surface area contributed by atoms with Gasteiger partial charge in [0.15, 0.2) is 11.5 Å². The molecule has 0 aliphatic carbocycles. The average Bonchev–Trinajstić information content (AvgIpc) is 2.99. The SMILES string of the molecule is COc1cccc(/C=N\NC(=O)Cn2cnnn2)c1OC. The summed E-state index contributed by atoms with van der Waals surface area (Å²) in [6, 6.07) is 5.36. The Morgan fingerprint density at radius 2 is 2.29 bits per heavy atom. The molecule has 1 aromatic heterocycles. The molecule has 110 valence electrons. The van der Waals surface area contributed by atoms with Crippen LogP contribution in [0, 0.1) is 0 Å². The summed E-state index contributed by atoms with van der Waals surface area (Å²) in [5.74, 6) is 0.778. The molecular weight excluding hydrogens is 276 g/mol. The molecule has 0 aliphatic rings. The van der Waals surface area contributed by atoms with Crippen LogP contribution < -0.4 is 14.9 Å². The first-order chi connectivity index (χ1) is 10.2. The topological polar surface area (TPSA) is 104 Å². The van der Waals surface area contributed by atoms with Crippen molar-refractivity contribution < 1.29 is 14.3 Å². The van der Waals surface area contributed by atoms with E-state index >= 15 is 0 Å². The van der Waals surface area contributed by atoms with Crippen molar-refractivity contribution in [3.63, 3.8) is 0 Å². The third kappa shape index (κ3) is 3.75. The Balaban J connectivity index is 1.99. The number of carbonyl (C=O) groups is 1. The Bertz CT molecular complexity index is 626. The van der Waals surface area contributed by atoms with Crippen molar-refractivity contribution in [2.24, 2.45) is 5.10 Å². The van der Waals surface area contributed by atoms with Gasteiger partial charge in [-0.1, -0.05) is 6.07 Å². The average molecular weight is 290 g/mol. The third-order valence-corrected chi connectivity index (χ3v) is 2.52. The van der Waals surface area contributed by atoms with Gasteiger partial charge in [-0.2, -0.15) is 5.10 Å². The Hall–Kier alpha value is -2.97. The van der Waals surface area contributed by atoms with Gasteiger partial charge in [0.1, 0.15) is 12.9 Å². The van der Waals surface area contributed by atoms with Crippen molar-refractivity contribution in [1.82, 2.24) is 25.6 Å². The Labute approximate surface area is 120 Å². The molecule has 2 rings (SSSR count). The van der Waals surface area contributed by atoms with Crippen molar-refractivity contribution in [2.45, 2.75) is 6.54 Å². The van der Waals surface area contributed by atoms with Gasteiger partial charge < -0.3 is 9.47 Å². The summed E-state index contributed by atoms with van der Waals surface area (Å²) in [6.45, 7) is -0.0143. The summed E-state index contributed by atoms with van der Waals surface area (Å²) >= 11 is 0. The Morgan fingerprint density at radius 3 is 2.95 bits per heavy atom. The number of carbonyl (C=O) groups excluding carboxylic acids is 1. The first-order valence-corrected chi connectivity index (χ1v) is 5.98. The fourth-order valence-electron chi connectivity index (χ4n) is 1.62. The van der Waals surface area contributed by atoms with Crippen LogP contribution in [-0.4, -0.2) is 46.5 Å². The first-order valence-electron chi connectivity index (χ1n) is 5.98. The second-order valence-corrected chi connectivity index (χ2v) is 3.88. The maximum absolute atomic E-state index is 11.6. The van der Waals surface area contributed by atoms with E-state index in [0.29, 0.717) is 17.1 Å². The summed E-state index contributed by atoms with van der Waals surface area (Å²) in [6.07, 6.45) is 2.81. The molecule has 9 heteroatoms. The van der Waals surface area contributed by atoms with Crippen molar-refractivity contribution in [3.8, 4) is 11.5 Å². The largest absolute Gasteiger partial charge is 0.493 e. The van der Waals surface area contributed by atoms with Crippen molar-refractivity contribution in [3.05, 3.63) is 30.1 Å². The van der Waals surface area contributed by atoms with Crippen LogP contribution in [0.5, 0.6) is 11.5 Å². The number of nitrogens with zero attached hydrogens (tertiary/aromatic N) is 5. The molecule has 1 heterocycles. The van der Waals surface area contributed by atoms with E-state index in [1.807, 2.05) is 0 Å². The van der Waals surface area contributed by atoms with Gasteiger partial charge in [-0.05, 0) is 22.6 Å². The minimum atomic E-state index is -0.347. The highest BCUT2D eigenvalue weighted by molar-refractivity contribution is 5.86. The normalized spacial score (nSPS) is 10.6. The lowest BCUT2D eigenvalue weighted by atomic mass is 10.2. The van der Waals surface area contributed by atoms with Crippen molar-refractivity contribution >= 4 is 12.1 Å². The van der Waals surface area contributed by atoms with Crippen LogP contribution in [0.1, 0.15) is 5.56 Å². The molecule has 0 saturated carbocycles. The number of amides is 1. The molecule has 0 aliphatic heterocycles. The number of benzene rings is 1. The van der Waals surface area contributed by atoms with Gasteiger partial charge in [-0.15, -0.1) is 5.10 Å². The molecule has 21 heavy (non-hydrogen) atoms. The molecule has 1 N–H and O–H groups in total. The van der Waals surface area contributed by atoms with Gasteiger partial charge in [-0.3, -0.25) is 4.79 Å². The molecule has 0 atom stereocenters. The van der Waals surface area contributed by atoms with Gasteiger partial charge in [0.2, 0.25) is 0 Å². The molecule has 0 radical (unpaired) electrons. The molecule has 9 nitrogen and oxygen atoms in total. The molecule has 0 fully saturated rings. The van der Waals surface area contributed by atoms with Crippen molar-refractivity contribution in [2.75, 3.05) is 14.2 Å². The van der Waals surface area contributed by atoms with E-state index in [9.17, 15) is 4.79 Å². The summed E-state index contributed by atoms with van der Waals surface area (Å²) in [5, 5.41) is 14.3. The maximum Gasteiger partial charge on any atom is 0.261 e. The highest BCUT2D eigenvalue weighted by Gasteiger charge is 2.07. The number of para-hydroxylation sites is 1. The number of hydrazone groups is 1. The minimum Gasteiger partial charge on any atom is -0.493 e. The summed E-state index contributed by atoms with van der Waals surface area (Å²) in [7, 11) is 3.08. The zero-order valence-corrected chi connectivity index (χ0v) is 11.6. The second-order valence-electron chi connectivity index (χ2n) is 3.88. The smallest absolute Gasteiger partial charge is 0.261 e. The lowest BCUT2D eigenvalue weighted by molar-refractivity contribution is -0.121. The lowest BCUT2D eigenvalue weighted by Crippen LogP contribution is -2.23. The van der Waals surface area contributed by atoms with Gasteiger partial charge >= 0.3 is 0 Å². The number of hydrogen-bond donors (Lipinski definition) is 1. The van der Waals surface area contributed by atoms with E-state index in [1.54, 1.807) is 25.3 Å². The number of rotatable bonds is 6. The molecule has 0 spiro atoms. The Morgan fingerprint density at radius 1 is 1.43 bits per heavy atom. The van der Waals surface area contributed by atoms with Crippen LogP contribution >= 0.6 is 0 Å². The van der Waals surface area contributed by atoms with Crippen LogP contribution in [0.25, 0.3) is 0 Å². The standard InChI is InChI=1S/C12H14N6O3/c1-20-10-5-3-4-9(12(10)21-2)6-13-15-11(19)7-18-8-14-16-17-18/h3-6,8H,7H2,1-2H3,(H,15,19)/b13-6-. The minimum absolute atomic E-state index is 0.0143. The van der Waals surface area contributed by atoms with Gasteiger partial charge in [0.25, 0.3) is 5.91 Å². The van der Waals surface area contributed by atoms with E-state index in [4.69, 9.17) is 9.47 Å². The van der Waals surface area contributed by atoms with Gasteiger partial charge in [0.05, 0.1) is 20.4 Å². The van der Waals surface area contributed by atoms with E-state index in [2.05, 4.69) is 26.1 Å². The molecular formula is C12H14N6O3. The quantitative estimate of drug-likeness (QED) is 0.585. The molecule has 1 amide bonds. The van der Waals surface area contributed by atoms with Crippen molar-refractivity contribution in [1.29, 1.82) is 0 Å². The Kier molecular flexibility index (Phi) is 4.80. The molecule has 2 aromatic rings. The lowest BCUT2D eigenvalue weighted by Gasteiger charge is -2.09. The fraction of sp³-hybridized carbons (Fsp3) is 0.250. The molecule has 0 saturated heterocycles. The first kappa shape index (κ1) is 14.4. The predicted molar refractivity (Wildman–Crippen MR) is 73.1 cm³/mol. The summed E-state index contributed by atoms with van der Waals surface area (Å²) in [5.41, 5.74) is 3.06. The summed E-state index contributed by atoms with van der Waals surface area (Å²) < 4.78 is 11.7. The summed E-state index contributed by atoms with van der Waals surface area (Å²) in [4.78, 5) is 11.6. The highest BCUT2D eigenvalue weighted by atomic mass is 16.5. The second kappa shape index (κ2) is 6.98. The molecule has 0 unspecified atom stereocenters. The zero-order valence-electron chi connectivity index (χ0n) is 11.6. The number of tetrazole rings is 1. The number of nitrogens with one attached hydrogen (secondary N) is 1. The van der Waals surface area contributed by atoms with E-state index < -0.39 is 0 Å². The van der Waals surface area contributed by atoms with Crippen LogP contribution in [0.4, 0.5) is 0 Å². The predicted octanol–water partition coefficient (Wildman–Crippen LogP) is -0.159. The number of aromatic nitrogens is 4. The highest BCUT2D eigenvalue weighted by Crippen LogP contribution is 2.29. The molecule has 0 bridgehead atoms. The third-order valence-electron chi connectivity index (χ3n) is 2.52.